The van der Waals surface area contributed by atoms with Gasteiger partial charge in [-0.25, -0.2) is 9.37 Å². The molecule has 0 atom stereocenters. The molecule has 0 saturated heterocycles. The van der Waals surface area contributed by atoms with E-state index in [4.69, 9.17) is 9.47 Å². The van der Waals surface area contributed by atoms with E-state index in [2.05, 4.69) is 9.97 Å². The number of nitrogens with zero attached hydrogens (tertiary/aromatic N) is 1. The maximum atomic E-state index is 13.7. The Morgan fingerprint density at radius 1 is 0.815 bits per heavy atom. The number of ether oxygens (including phenoxy) is 2. The number of hydrogen-bond donors (Lipinski definition) is 1. The number of H-pyrrole nitrogens is 1. The van der Waals surface area contributed by atoms with Gasteiger partial charge in [0.1, 0.15) is 23.9 Å². The summed E-state index contributed by atoms with van der Waals surface area (Å²) in [6.07, 6.45) is 1.83. The largest absolute Gasteiger partial charge is 0.486 e. The van der Waals surface area contributed by atoms with Crippen LogP contribution in [0.15, 0.2) is 85.1 Å². The minimum absolute atomic E-state index is 0.199. The molecule has 27 heavy (non-hydrogen) atoms. The van der Waals surface area contributed by atoms with Crippen molar-refractivity contribution in [3.05, 3.63) is 96.7 Å². The van der Waals surface area contributed by atoms with E-state index in [9.17, 15) is 4.39 Å². The SMILES string of the molecule is Fc1ccccc1Oc1ccc(-c2c[nH]c(COc3ccccc3)n2)cc1. The normalized spacial score (nSPS) is 10.6. The Hall–Kier alpha value is -3.60. The average Bonchev–Trinajstić information content (AvgIpc) is 3.19. The van der Waals surface area contributed by atoms with Gasteiger partial charge in [-0.2, -0.15) is 0 Å². The summed E-state index contributed by atoms with van der Waals surface area (Å²) in [5.74, 6) is 1.90. The van der Waals surface area contributed by atoms with Crippen molar-refractivity contribution in [1.82, 2.24) is 9.97 Å². The molecule has 0 amide bonds. The molecule has 0 fully saturated rings. The molecule has 5 heteroatoms. The van der Waals surface area contributed by atoms with Gasteiger partial charge < -0.3 is 14.5 Å². The molecule has 0 aliphatic rings. The summed E-state index contributed by atoms with van der Waals surface area (Å²) in [6.45, 7) is 0.360. The number of aromatic nitrogens is 2. The Kier molecular flexibility index (Phi) is 4.83. The van der Waals surface area contributed by atoms with Crippen molar-refractivity contribution < 1.29 is 13.9 Å². The Morgan fingerprint density at radius 2 is 1.56 bits per heavy atom. The third-order valence-corrected chi connectivity index (χ3v) is 3.96. The monoisotopic (exact) mass is 360 g/mol. The standard InChI is InChI=1S/C22H17FN2O2/c23-19-8-4-5-9-21(19)27-18-12-10-16(11-13-18)20-14-24-22(25-20)15-26-17-6-2-1-3-7-17/h1-14H,15H2,(H,24,25). The number of aromatic amines is 1. The molecule has 4 nitrogen and oxygen atoms in total. The van der Waals surface area contributed by atoms with E-state index in [1.165, 1.54) is 6.07 Å². The highest BCUT2D eigenvalue weighted by Crippen LogP contribution is 2.26. The zero-order chi connectivity index (χ0) is 18.5. The third-order valence-electron chi connectivity index (χ3n) is 3.96. The number of halogens is 1. The van der Waals surface area contributed by atoms with Crippen LogP contribution in [-0.4, -0.2) is 9.97 Å². The van der Waals surface area contributed by atoms with Crippen LogP contribution in [0.1, 0.15) is 5.82 Å². The Bertz CT molecular complexity index is 1010. The summed E-state index contributed by atoms with van der Waals surface area (Å²) in [5, 5.41) is 0. The first-order valence-electron chi connectivity index (χ1n) is 8.53. The maximum absolute atomic E-state index is 13.7. The zero-order valence-electron chi connectivity index (χ0n) is 14.4. The number of hydrogen-bond acceptors (Lipinski definition) is 3. The highest BCUT2D eigenvalue weighted by atomic mass is 19.1. The molecule has 0 spiro atoms. The molecule has 0 aliphatic heterocycles. The quantitative estimate of drug-likeness (QED) is 0.488. The lowest BCUT2D eigenvalue weighted by Crippen LogP contribution is -1.97. The first-order valence-corrected chi connectivity index (χ1v) is 8.53. The highest BCUT2D eigenvalue weighted by Gasteiger charge is 2.07. The fraction of sp³-hybridized carbons (Fsp3) is 0.0455. The van der Waals surface area contributed by atoms with Crippen LogP contribution >= 0.6 is 0 Å². The van der Waals surface area contributed by atoms with E-state index in [0.717, 1.165) is 22.8 Å². The van der Waals surface area contributed by atoms with Crippen molar-refractivity contribution in [2.45, 2.75) is 6.61 Å². The predicted molar refractivity (Wildman–Crippen MR) is 101 cm³/mol. The second kappa shape index (κ2) is 7.74. The lowest BCUT2D eigenvalue weighted by molar-refractivity contribution is 0.297. The van der Waals surface area contributed by atoms with Crippen molar-refractivity contribution in [3.8, 4) is 28.5 Å². The van der Waals surface area contributed by atoms with Gasteiger partial charge in [0.15, 0.2) is 11.6 Å². The number of nitrogens with one attached hydrogen (secondary N) is 1. The second-order valence-electron chi connectivity index (χ2n) is 5.89. The second-order valence-corrected chi connectivity index (χ2v) is 5.89. The zero-order valence-corrected chi connectivity index (χ0v) is 14.4. The van der Waals surface area contributed by atoms with Crippen molar-refractivity contribution in [1.29, 1.82) is 0 Å². The average molecular weight is 360 g/mol. The summed E-state index contributed by atoms with van der Waals surface area (Å²) >= 11 is 0. The van der Waals surface area contributed by atoms with Crippen LogP contribution in [0.3, 0.4) is 0 Å². The molecule has 3 aromatic carbocycles. The molecule has 0 unspecified atom stereocenters. The lowest BCUT2D eigenvalue weighted by Gasteiger charge is -2.07. The first kappa shape index (κ1) is 16.8. The summed E-state index contributed by atoms with van der Waals surface area (Å²) in [7, 11) is 0. The maximum Gasteiger partial charge on any atom is 0.165 e. The van der Waals surface area contributed by atoms with Crippen molar-refractivity contribution >= 4 is 0 Å². The highest BCUT2D eigenvalue weighted by molar-refractivity contribution is 5.59. The van der Waals surface area contributed by atoms with Crippen molar-refractivity contribution in [3.63, 3.8) is 0 Å². The molecule has 1 aromatic heterocycles. The first-order chi connectivity index (χ1) is 13.3. The van der Waals surface area contributed by atoms with Gasteiger partial charge >= 0.3 is 0 Å². The number of imidazole rings is 1. The van der Waals surface area contributed by atoms with Crippen LogP contribution in [0.2, 0.25) is 0 Å². The van der Waals surface area contributed by atoms with E-state index < -0.39 is 5.82 Å². The molecule has 134 valence electrons. The van der Waals surface area contributed by atoms with Gasteiger partial charge in [-0.1, -0.05) is 30.3 Å². The van der Waals surface area contributed by atoms with Crippen LogP contribution in [0.5, 0.6) is 17.2 Å². The fourth-order valence-corrected chi connectivity index (χ4v) is 2.60. The van der Waals surface area contributed by atoms with Crippen LogP contribution in [0, 0.1) is 5.82 Å². The Balaban J connectivity index is 1.42. The van der Waals surface area contributed by atoms with Crippen LogP contribution in [0.4, 0.5) is 4.39 Å². The van der Waals surface area contributed by atoms with Gasteiger partial charge in [-0.15, -0.1) is 0 Å². The van der Waals surface area contributed by atoms with Gasteiger partial charge in [0.2, 0.25) is 0 Å². The van der Waals surface area contributed by atoms with Gasteiger partial charge in [0, 0.05) is 11.8 Å². The van der Waals surface area contributed by atoms with Crippen molar-refractivity contribution in [2.75, 3.05) is 0 Å². The van der Waals surface area contributed by atoms with E-state index in [1.54, 1.807) is 30.3 Å². The number of benzene rings is 3. The summed E-state index contributed by atoms with van der Waals surface area (Å²) in [4.78, 5) is 7.66. The fourth-order valence-electron chi connectivity index (χ4n) is 2.60. The Morgan fingerprint density at radius 3 is 2.33 bits per heavy atom. The van der Waals surface area contributed by atoms with Gasteiger partial charge in [0.05, 0.1) is 5.69 Å². The Labute approximate surface area is 156 Å². The van der Waals surface area contributed by atoms with Gasteiger partial charge in [-0.3, -0.25) is 0 Å². The summed E-state index contributed by atoms with van der Waals surface area (Å²) in [5.41, 5.74) is 1.73. The molecule has 0 bridgehead atoms. The smallest absolute Gasteiger partial charge is 0.165 e. The molecule has 1 N–H and O–H groups in total. The van der Waals surface area contributed by atoms with Gasteiger partial charge in [-0.05, 0) is 48.5 Å². The third kappa shape index (κ3) is 4.15. The van der Waals surface area contributed by atoms with E-state index in [1.807, 2.05) is 48.7 Å². The molecule has 4 aromatic rings. The van der Waals surface area contributed by atoms with E-state index >= 15 is 0 Å². The van der Waals surface area contributed by atoms with E-state index in [-0.39, 0.29) is 5.75 Å². The molecule has 0 aliphatic carbocycles. The lowest BCUT2D eigenvalue weighted by atomic mass is 10.1. The van der Waals surface area contributed by atoms with Crippen LogP contribution < -0.4 is 9.47 Å². The number of para-hydroxylation sites is 2. The van der Waals surface area contributed by atoms with Crippen molar-refractivity contribution in [2.24, 2.45) is 0 Å². The molecular formula is C22H17FN2O2. The predicted octanol–water partition coefficient (Wildman–Crippen LogP) is 5.59. The topological polar surface area (TPSA) is 47.1 Å². The minimum Gasteiger partial charge on any atom is -0.486 e. The van der Waals surface area contributed by atoms with E-state index in [0.29, 0.717) is 12.4 Å². The molecule has 4 rings (SSSR count). The molecular weight excluding hydrogens is 343 g/mol. The summed E-state index contributed by atoms with van der Waals surface area (Å²) in [6, 6.07) is 23.3. The number of rotatable bonds is 6. The van der Waals surface area contributed by atoms with Crippen LogP contribution in [0.25, 0.3) is 11.3 Å². The minimum atomic E-state index is -0.392. The van der Waals surface area contributed by atoms with Crippen LogP contribution in [-0.2, 0) is 6.61 Å². The molecule has 0 saturated carbocycles. The molecule has 1 heterocycles. The summed E-state index contributed by atoms with van der Waals surface area (Å²) < 4.78 is 24.9. The molecule has 0 radical (unpaired) electrons. The van der Waals surface area contributed by atoms with Gasteiger partial charge in [0.25, 0.3) is 0 Å².